The molecule has 16 heavy (non-hydrogen) atoms. The van der Waals surface area contributed by atoms with Crippen molar-refractivity contribution in [2.24, 2.45) is 5.92 Å². The molecule has 1 aromatic carbocycles. The highest BCUT2D eigenvalue weighted by Gasteiger charge is 2.16. The smallest absolute Gasteiger partial charge is 0.306 e. The molecular weight excluding hydrogens is 204 g/mol. The van der Waals surface area contributed by atoms with E-state index < -0.39 is 5.97 Å². The normalized spacial score (nSPS) is 12.7. The van der Waals surface area contributed by atoms with Crippen molar-refractivity contribution >= 4 is 5.97 Å². The van der Waals surface area contributed by atoms with Crippen molar-refractivity contribution in [3.8, 4) is 0 Å². The van der Waals surface area contributed by atoms with Crippen LogP contribution in [0.4, 0.5) is 0 Å². The van der Waals surface area contributed by atoms with E-state index in [0.29, 0.717) is 12.5 Å². The molecule has 0 aliphatic rings. The predicted octanol–water partition coefficient (Wildman–Crippen LogP) is 2.88. The number of hydrogen-bond acceptors (Lipinski definition) is 2. The third-order valence-corrected chi connectivity index (χ3v) is 2.16. The molecular formula is C13H18O3. The zero-order chi connectivity index (χ0) is 12.0. The van der Waals surface area contributed by atoms with Crippen molar-refractivity contribution in [1.82, 2.24) is 0 Å². The van der Waals surface area contributed by atoms with Gasteiger partial charge in [-0.3, -0.25) is 4.79 Å². The Hall–Kier alpha value is -1.35. The van der Waals surface area contributed by atoms with E-state index in [2.05, 4.69) is 0 Å². The summed E-state index contributed by atoms with van der Waals surface area (Å²) >= 11 is 0. The van der Waals surface area contributed by atoms with E-state index >= 15 is 0 Å². The third kappa shape index (κ3) is 4.45. The van der Waals surface area contributed by atoms with Gasteiger partial charge in [0.15, 0.2) is 0 Å². The van der Waals surface area contributed by atoms with Crippen molar-refractivity contribution < 1.29 is 14.6 Å². The summed E-state index contributed by atoms with van der Waals surface area (Å²) in [6.45, 7) is 4.67. The molecule has 1 N–H and O–H groups in total. The average molecular weight is 222 g/mol. The van der Waals surface area contributed by atoms with Gasteiger partial charge in [0, 0.05) is 6.61 Å². The molecule has 88 valence electrons. The van der Waals surface area contributed by atoms with Gasteiger partial charge >= 0.3 is 5.97 Å². The van der Waals surface area contributed by atoms with Crippen molar-refractivity contribution in [3.05, 3.63) is 35.9 Å². The van der Waals surface area contributed by atoms with Gasteiger partial charge in [0.25, 0.3) is 0 Å². The summed E-state index contributed by atoms with van der Waals surface area (Å²) in [5.41, 5.74) is 0.922. The fourth-order valence-electron chi connectivity index (χ4n) is 1.41. The molecule has 0 bridgehead atoms. The zero-order valence-electron chi connectivity index (χ0n) is 9.72. The first kappa shape index (κ1) is 12.7. The molecule has 0 saturated heterocycles. The number of rotatable bonds is 6. The summed E-state index contributed by atoms with van der Waals surface area (Å²) in [5.74, 6) is -0.433. The summed E-state index contributed by atoms with van der Waals surface area (Å²) < 4.78 is 5.62. The summed E-state index contributed by atoms with van der Waals surface area (Å²) in [4.78, 5) is 10.7. The number of hydrogen-bond donors (Lipinski definition) is 1. The van der Waals surface area contributed by atoms with Gasteiger partial charge in [-0.2, -0.15) is 0 Å². The largest absolute Gasteiger partial charge is 0.481 e. The second-order valence-electron chi connectivity index (χ2n) is 4.22. The van der Waals surface area contributed by atoms with E-state index in [4.69, 9.17) is 9.84 Å². The molecule has 0 spiro atoms. The minimum absolute atomic E-state index is 0.0106. The molecule has 3 heteroatoms. The highest BCUT2D eigenvalue weighted by molar-refractivity contribution is 5.67. The molecule has 3 nitrogen and oxygen atoms in total. The van der Waals surface area contributed by atoms with Gasteiger partial charge in [-0.15, -0.1) is 0 Å². The maximum absolute atomic E-state index is 10.7. The van der Waals surface area contributed by atoms with Crippen LogP contribution in [-0.2, 0) is 9.53 Å². The molecule has 0 heterocycles. The van der Waals surface area contributed by atoms with Crippen LogP contribution in [0.5, 0.6) is 0 Å². The van der Waals surface area contributed by atoms with Gasteiger partial charge in [0.1, 0.15) is 0 Å². The third-order valence-electron chi connectivity index (χ3n) is 2.16. The highest BCUT2D eigenvalue weighted by atomic mass is 16.5. The van der Waals surface area contributed by atoms with Crippen LogP contribution in [0.3, 0.4) is 0 Å². The molecule has 0 aliphatic carbocycles. The van der Waals surface area contributed by atoms with Crippen LogP contribution in [0.15, 0.2) is 30.3 Å². The lowest BCUT2D eigenvalue weighted by Crippen LogP contribution is -2.13. The second kappa shape index (κ2) is 6.28. The van der Waals surface area contributed by atoms with Gasteiger partial charge in [-0.05, 0) is 11.5 Å². The van der Waals surface area contributed by atoms with Crippen molar-refractivity contribution in [3.63, 3.8) is 0 Å². The summed E-state index contributed by atoms with van der Waals surface area (Å²) in [7, 11) is 0. The Morgan fingerprint density at radius 1 is 1.31 bits per heavy atom. The Balaban J connectivity index is 2.67. The van der Waals surface area contributed by atoms with Crippen LogP contribution < -0.4 is 0 Å². The molecule has 0 amide bonds. The molecule has 1 atom stereocenters. The molecule has 0 aliphatic heterocycles. The summed E-state index contributed by atoms with van der Waals surface area (Å²) in [6.07, 6.45) is -0.336. The summed E-state index contributed by atoms with van der Waals surface area (Å²) in [5, 5.41) is 8.83. The first-order chi connectivity index (χ1) is 7.59. The Morgan fingerprint density at radius 2 is 1.94 bits per heavy atom. The van der Waals surface area contributed by atoms with E-state index in [0.717, 1.165) is 5.56 Å². The number of aliphatic carboxylic acids is 1. The molecule has 1 unspecified atom stereocenters. The van der Waals surface area contributed by atoms with E-state index in [1.165, 1.54) is 0 Å². The molecule has 0 radical (unpaired) electrons. The Kier molecular flexibility index (Phi) is 4.99. The zero-order valence-corrected chi connectivity index (χ0v) is 9.72. The fourth-order valence-corrected chi connectivity index (χ4v) is 1.41. The lowest BCUT2D eigenvalue weighted by atomic mass is 10.1. The Bertz CT molecular complexity index is 319. The van der Waals surface area contributed by atoms with Crippen LogP contribution in [0.2, 0.25) is 0 Å². The number of carboxylic acid groups (broad SMARTS) is 1. The number of carbonyl (C=O) groups is 1. The molecule has 0 fully saturated rings. The minimum Gasteiger partial charge on any atom is -0.481 e. The topological polar surface area (TPSA) is 46.5 Å². The minimum atomic E-state index is -0.836. The highest BCUT2D eigenvalue weighted by Crippen LogP contribution is 2.21. The average Bonchev–Trinajstić information content (AvgIpc) is 2.25. The summed E-state index contributed by atoms with van der Waals surface area (Å²) in [6, 6.07) is 9.48. The first-order valence-electron chi connectivity index (χ1n) is 5.48. The van der Waals surface area contributed by atoms with Crippen LogP contribution >= 0.6 is 0 Å². The van der Waals surface area contributed by atoms with Gasteiger partial charge < -0.3 is 9.84 Å². The van der Waals surface area contributed by atoms with Gasteiger partial charge in [0.2, 0.25) is 0 Å². The lowest BCUT2D eigenvalue weighted by Gasteiger charge is -2.17. The van der Waals surface area contributed by atoms with Crippen molar-refractivity contribution in [2.75, 3.05) is 6.61 Å². The first-order valence-corrected chi connectivity index (χ1v) is 5.48. The Morgan fingerprint density at radius 3 is 2.44 bits per heavy atom. The van der Waals surface area contributed by atoms with Crippen LogP contribution in [0.25, 0.3) is 0 Å². The monoisotopic (exact) mass is 222 g/mol. The van der Waals surface area contributed by atoms with Gasteiger partial charge in [0.05, 0.1) is 12.5 Å². The molecule has 1 aromatic rings. The maximum Gasteiger partial charge on any atom is 0.306 e. The number of benzene rings is 1. The van der Waals surface area contributed by atoms with Crippen LogP contribution in [-0.4, -0.2) is 17.7 Å². The SMILES string of the molecule is CC(C)COC(CC(=O)O)c1ccccc1. The Labute approximate surface area is 96.1 Å². The predicted molar refractivity (Wildman–Crippen MR) is 62.2 cm³/mol. The quantitative estimate of drug-likeness (QED) is 0.805. The maximum atomic E-state index is 10.7. The second-order valence-corrected chi connectivity index (χ2v) is 4.22. The van der Waals surface area contributed by atoms with E-state index in [-0.39, 0.29) is 12.5 Å². The fraction of sp³-hybridized carbons (Fsp3) is 0.462. The molecule has 1 rings (SSSR count). The number of ether oxygens (including phenoxy) is 1. The van der Waals surface area contributed by atoms with E-state index in [9.17, 15) is 4.79 Å². The van der Waals surface area contributed by atoms with E-state index in [1.807, 2.05) is 44.2 Å². The van der Waals surface area contributed by atoms with Gasteiger partial charge in [-0.25, -0.2) is 0 Å². The lowest BCUT2D eigenvalue weighted by molar-refractivity contribution is -0.140. The van der Waals surface area contributed by atoms with E-state index in [1.54, 1.807) is 0 Å². The van der Waals surface area contributed by atoms with Crippen molar-refractivity contribution in [2.45, 2.75) is 26.4 Å². The molecule has 0 saturated carbocycles. The number of carboxylic acids is 1. The van der Waals surface area contributed by atoms with Crippen LogP contribution in [0, 0.1) is 5.92 Å². The standard InChI is InChI=1S/C13H18O3/c1-10(2)9-16-12(8-13(14)15)11-6-4-3-5-7-11/h3-7,10,12H,8-9H2,1-2H3,(H,14,15). The van der Waals surface area contributed by atoms with Crippen molar-refractivity contribution in [1.29, 1.82) is 0 Å². The molecule has 0 aromatic heterocycles. The van der Waals surface area contributed by atoms with Gasteiger partial charge in [-0.1, -0.05) is 44.2 Å². The van der Waals surface area contributed by atoms with Crippen LogP contribution in [0.1, 0.15) is 31.9 Å².